The van der Waals surface area contributed by atoms with Crippen LogP contribution in [0.15, 0.2) is 53.1 Å². The zero-order valence-corrected chi connectivity index (χ0v) is 16.1. The molecule has 7 heteroatoms. The number of hydrogen-bond acceptors (Lipinski definition) is 4. The number of carbonyl (C=O) groups is 1. The molecule has 0 radical (unpaired) electrons. The van der Waals surface area contributed by atoms with Gasteiger partial charge in [-0.1, -0.05) is 41.0 Å². The highest BCUT2D eigenvalue weighted by atomic mass is 127. The highest BCUT2D eigenvalue weighted by molar-refractivity contribution is 14.1. The topological polar surface area (TPSA) is 68.0 Å². The van der Waals surface area contributed by atoms with Crippen LogP contribution in [-0.4, -0.2) is 16.0 Å². The van der Waals surface area contributed by atoms with Crippen LogP contribution in [0.5, 0.6) is 0 Å². The van der Waals surface area contributed by atoms with Gasteiger partial charge in [-0.05, 0) is 52.4 Å². The van der Waals surface area contributed by atoms with E-state index in [1.165, 1.54) is 0 Å². The number of carbonyl (C=O) groups excluding carboxylic acids is 1. The van der Waals surface area contributed by atoms with E-state index >= 15 is 0 Å². The molecule has 3 rings (SSSR count). The van der Waals surface area contributed by atoms with E-state index in [1.54, 1.807) is 12.1 Å². The third-order valence-electron chi connectivity index (χ3n) is 3.54. The van der Waals surface area contributed by atoms with Gasteiger partial charge < -0.3 is 9.84 Å². The minimum absolute atomic E-state index is 0.0658. The van der Waals surface area contributed by atoms with Gasteiger partial charge in [0.15, 0.2) is 0 Å². The Morgan fingerprint density at radius 2 is 1.84 bits per heavy atom. The molecule has 1 N–H and O–H groups in total. The van der Waals surface area contributed by atoms with Crippen LogP contribution in [-0.2, 0) is 17.8 Å². The Bertz CT molecular complexity index is 848. The maximum absolute atomic E-state index is 11.9. The van der Waals surface area contributed by atoms with Gasteiger partial charge in [-0.3, -0.25) is 4.79 Å². The summed E-state index contributed by atoms with van der Waals surface area (Å²) in [4.78, 5) is 16.3. The number of halogens is 2. The zero-order valence-electron chi connectivity index (χ0n) is 13.2. The summed E-state index contributed by atoms with van der Waals surface area (Å²) < 4.78 is 6.36. The van der Waals surface area contributed by atoms with E-state index in [4.69, 9.17) is 16.1 Å². The van der Waals surface area contributed by atoms with Gasteiger partial charge >= 0.3 is 0 Å². The van der Waals surface area contributed by atoms with Crippen molar-refractivity contribution < 1.29 is 9.32 Å². The molecule has 0 aliphatic rings. The summed E-state index contributed by atoms with van der Waals surface area (Å²) in [6, 6.07) is 15.2. The number of nitrogens with one attached hydrogen (secondary N) is 1. The number of amides is 1. The lowest BCUT2D eigenvalue weighted by atomic mass is 10.2. The van der Waals surface area contributed by atoms with Crippen LogP contribution < -0.4 is 5.32 Å². The minimum atomic E-state index is -0.0658. The van der Waals surface area contributed by atoms with Crippen LogP contribution in [0.4, 0.5) is 0 Å². The van der Waals surface area contributed by atoms with Crippen LogP contribution >= 0.6 is 34.2 Å². The van der Waals surface area contributed by atoms with Gasteiger partial charge in [0.1, 0.15) is 0 Å². The third kappa shape index (κ3) is 5.27. The summed E-state index contributed by atoms with van der Waals surface area (Å²) in [5.41, 5.74) is 1.89. The lowest BCUT2D eigenvalue weighted by molar-refractivity contribution is -0.121. The van der Waals surface area contributed by atoms with E-state index in [0.717, 1.165) is 14.7 Å². The first-order valence-corrected chi connectivity index (χ1v) is 9.15. The van der Waals surface area contributed by atoms with Crippen LogP contribution in [0.1, 0.15) is 17.9 Å². The maximum Gasteiger partial charge on any atom is 0.227 e. The van der Waals surface area contributed by atoms with Crippen molar-refractivity contribution in [3.63, 3.8) is 0 Å². The molecule has 1 amide bonds. The lowest BCUT2D eigenvalue weighted by Gasteiger charge is -2.04. The van der Waals surface area contributed by atoms with E-state index in [2.05, 4.69) is 38.0 Å². The zero-order chi connectivity index (χ0) is 17.6. The Hall–Kier alpha value is -1.93. The first-order valence-electron chi connectivity index (χ1n) is 7.70. The molecule has 0 bridgehead atoms. The summed E-state index contributed by atoms with van der Waals surface area (Å²) in [6.07, 6.45) is 0.700. The predicted octanol–water partition coefficient (Wildman–Crippen LogP) is 4.24. The smallest absolute Gasteiger partial charge is 0.227 e. The monoisotopic (exact) mass is 467 g/mol. The van der Waals surface area contributed by atoms with Crippen LogP contribution in [0, 0.1) is 3.57 Å². The molecule has 1 aromatic heterocycles. The van der Waals surface area contributed by atoms with Gasteiger partial charge in [0, 0.05) is 33.5 Å². The highest BCUT2D eigenvalue weighted by Gasteiger charge is 2.10. The van der Waals surface area contributed by atoms with E-state index in [1.807, 2.05) is 36.4 Å². The molecule has 5 nitrogen and oxygen atoms in total. The largest absolute Gasteiger partial charge is 0.352 e. The molecule has 1 heterocycles. The van der Waals surface area contributed by atoms with Crippen molar-refractivity contribution in [1.29, 1.82) is 0 Å². The van der Waals surface area contributed by atoms with Crippen molar-refractivity contribution in [2.45, 2.75) is 19.4 Å². The molecular weight excluding hydrogens is 453 g/mol. The molecule has 25 heavy (non-hydrogen) atoms. The fourth-order valence-electron chi connectivity index (χ4n) is 2.18. The average molecular weight is 468 g/mol. The van der Waals surface area contributed by atoms with Crippen molar-refractivity contribution in [2.75, 3.05) is 0 Å². The van der Waals surface area contributed by atoms with Crippen molar-refractivity contribution in [3.8, 4) is 11.4 Å². The number of aryl methyl sites for hydroxylation is 1. The first-order chi connectivity index (χ1) is 12.1. The van der Waals surface area contributed by atoms with Gasteiger partial charge in [0.2, 0.25) is 17.6 Å². The van der Waals surface area contributed by atoms with Gasteiger partial charge in [0.25, 0.3) is 0 Å². The second-order valence-corrected chi connectivity index (χ2v) is 7.10. The van der Waals surface area contributed by atoms with Crippen molar-refractivity contribution in [3.05, 3.63) is 68.6 Å². The Morgan fingerprint density at radius 3 is 2.56 bits per heavy atom. The predicted molar refractivity (Wildman–Crippen MR) is 104 cm³/mol. The Kier molecular flexibility index (Phi) is 6.04. The molecule has 128 valence electrons. The summed E-state index contributed by atoms with van der Waals surface area (Å²) in [7, 11) is 0. The Labute approximate surface area is 163 Å². The van der Waals surface area contributed by atoms with Gasteiger partial charge in [0.05, 0.1) is 0 Å². The van der Waals surface area contributed by atoms with E-state index in [-0.39, 0.29) is 5.91 Å². The SMILES string of the molecule is O=C(CCc1nc(-c2ccc(I)cc2)no1)NCc1ccc(Cl)cc1. The Morgan fingerprint density at radius 1 is 1.12 bits per heavy atom. The van der Waals surface area contributed by atoms with Crippen molar-refractivity contribution in [2.24, 2.45) is 0 Å². The lowest BCUT2D eigenvalue weighted by Crippen LogP contribution is -2.23. The second-order valence-electron chi connectivity index (χ2n) is 5.42. The van der Waals surface area contributed by atoms with E-state index < -0.39 is 0 Å². The number of aromatic nitrogens is 2. The molecule has 0 atom stereocenters. The number of rotatable bonds is 6. The van der Waals surface area contributed by atoms with Crippen LogP contribution in [0.3, 0.4) is 0 Å². The van der Waals surface area contributed by atoms with Gasteiger partial charge in [-0.2, -0.15) is 4.98 Å². The molecule has 0 aliphatic carbocycles. The summed E-state index contributed by atoms with van der Waals surface area (Å²) in [6.45, 7) is 0.466. The van der Waals surface area contributed by atoms with Crippen molar-refractivity contribution in [1.82, 2.24) is 15.5 Å². The van der Waals surface area contributed by atoms with Gasteiger partial charge in [-0.15, -0.1) is 0 Å². The molecule has 0 aliphatic heterocycles. The summed E-state index contributed by atoms with van der Waals surface area (Å²) in [5, 5.41) is 7.50. The van der Waals surface area contributed by atoms with E-state index in [9.17, 15) is 4.79 Å². The molecule has 0 spiro atoms. The average Bonchev–Trinajstić information content (AvgIpc) is 3.09. The highest BCUT2D eigenvalue weighted by Crippen LogP contribution is 2.17. The van der Waals surface area contributed by atoms with Crippen LogP contribution in [0.25, 0.3) is 11.4 Å². The third-order valence-corrected chi connectivity index (χ3v) is 4.51. The fraction of sp³-hybridized carbons (Fsp3) is 0.167. The van der Waals surface area contributed by atoms with Crippen LogP contribution in [0.2, 0.25) is 5.02 Å². The quantitative estimate of drug-likeness (QED) is 0.551. The maximum atomic E-state index is 11.9. The molecule has 2 aromatic carbocycles. The molecule has 3 aromatic rings. The minimum Gasteiger partial charge on any atom is -0.352 e. The number of hydrogen-bond donors (Lipinski definition) is 1. The number of benzene rings is 2. The molecule has 0 saturated carbocycles. The van der Waals surface area contributed by atoms with Crippen molar-refractivity contribution >= 4 is 40.1 Å². The molecular formula is C18H15ClIN3O2. The standard InChI is InChI=1S/C18H15ClIN3O2/c19-14-5-1-12(2-6-14)11-21-16(24)9-10-17-22-18(23-25-17)13-3-7-15(20)8-4-13/h1-8H,9-11H2,(H,21,24). The fourth-order valence-corrected chi connectivity index (χ4v) is 2.67. The second kappa shape index (κ2) is 8.44. The molecule has 0 unspecified atom stereocenters. The summed E-state index contributed by atoms with van der Waals surface area (Å²) >= 11 is 8.07. The summed E-state index contributed by atoms with van der Waals surface area (Å²) in [5.74, 6) is 0.923. The molecule has 0 saturated heterocycles. The van der Waals surface area contributed by atoms with Gasteiger partial charge in [-0.25, -0.2) is 0 Å². The van der Waals surface area contributed by atoms with E-state index in [0.29, 0.717) is 36.1 Å². The normalized spacial score (nSPS) is 10.6. The Balaban J connectivity index is 1.49. The molecule has 0 fully saturated rings. The first kappa shape index (κ1) is 17.9. The number of nitrogens with zero attached hydrogens (tertiary/aromatic N) is 2.